The lowest BCUT2D eigenvalue weighted by Gasteiger charge is -2.37. The fourth-order valence-electron chi connectivity index (χ4n) is 7.54. The average molecular weight is 662 g/mol. The molecule has 3 atom stereocenters. The number of amides is 2. The summed E-state index contributed by atoms with van der Waals surface area (Å²) in [5, 5.41) is 7.50. The van der Waals surface area contributed by atoms with Crippen molar-refractivity contribution >= 4 is 21.6 Å². The minimum atomic E-state index is -3.85. The molecule has 48 heavy (non-hydrogen) atoms. The van der Waals surface area contributed by atoms with Crippen LogP contribution in [0.15, 0.2) is 113 Å². The van der Waals surface area contributed by atoms with Gasteiger partial charge in [-0.2, -0.15) is 5.10 Å². The topological polar surface area (TPSA) is 97.6 Å². The van der Waals surface area contributed by atoms with Crippen LogP contribution in [0, 0.1) is 0 Å². The zero-order chi connectivity index (χ0) is 32.9. The number of hydrogen-bond acceptors (Lipinski definition) is 4. The monoisotopic (exact) mass is 661 g/mol. The Labute approximate surface area is 279 Å². The third-order valence-corrected chi connectivity index (χ3v) is 11.5. The highest BCUT2D eigenvalue weighted by molar-refractivity contribution is 7.92. The molecule has 2 aliphatic carbocycles. The van der Waals surface area contributed by atoms with Gasteiger partial charge in [-0.25, -0.2) is 22.8 Å². The van der Waals surface area contributed by atoms with Crippen LogP contribution in [0.1, 0.15) is 52.3 Å². The maximum absolute atomic E-state index is 15.8. The first-order valence-electron chi connectivity index (χ1n) is 16.4. The highest BCUT2D eigenvalue weighted by Gasteiger charge is 2.42. The molecule has 2 amide bonds. The fourth-order valence-corrected chi connectivity index (χ4v) is 9.42. The Morgan fingerprint density at radius 1 is 0.917 bits per heavy atom. The summed E-state index contributed by atoms with van der Waals surface area (Å²) in [5.74, 6) is 0.307. The molecule has 0 bridgehead atoms. The second kappa shape index (κ2) is 12.0. The summed E-state index contributed by atoms with van der Waals surface area (Å²) in [7, 11) is -3.85. The quantitative estimate of drug-likeness (QED) is 0.181. The number of nitrogens with one attached hydrogen (secondary N) is 2. The van der Waals surface area contributed by atoms with E-state index in [1.165, 1.54) is 6.20 Å². The summed E-state index contributed by atoms with van der Waals surface area (Å²) < 4.78 is 46.3. The minimum Gasteiger partial charge on any atom is -0.472 e. The molecule has 2 heterocycles. The van der Waals surface area contributed by atoms with Crippen molar-refractivity contribution in [3.8, 4) is 5.88 Å². The summed E-state index contributed by atoms with van der Waals surface area (Å²) in [4.78, 5) is 14.4. The molecule has 0 spiro atoms. The Hall–Kier alpha value is -4.80. The third kappa shape index (κ3) is 5.20. The van der Waals surface area contributed by atoms with Gasteiger partial charge in [0.1, 0.15) is 22.7 Å². The van der Waals surface area contributed by atoms with Crippen LogP contribution in [0.3, 0.4) is 0 Å². The second-order valence-corrected chi connectivity index (χ2v) is 14.7. The van der Waals surface area contributed by atoms with Crippen LogP contribution in [0.5, 0.6) is 5.88 Å². The van der Waals surface area contributed by atoms with E-state index in [2.05, 4.69) is 25.6 Å². The van der Waals surface area contributed by atoms with Crippen LogP contribution >= 0.6 is 0 Å². The molecule has 0 radical (unpaired) electrons. The van der Waals surface area contributed by atoms with Gasteiger partial charge in [0, 0.05) is 18.5 Å². The number of alkyl halides is 1. The third-order valence-electron chi connectivity index (χ3n) is 9.62. The largest absolute Gasteiger partial charge is 0.472 e. The van der Waals surface area contributed by atoms with Gasteiger partial charge in [-0.1, -0.05) is 97.1 Å². The van der Waals surface area contributed by atoms with Crippen molar-refractivity contribution in [2.45, 2.75) is 68.3 Å². The van der Waals surface area contributed by atoms with Gasteiger partial charge in [0.15, 0.2) is 9.92 Å². The van der Waals surface area contributed by atoms with Crippen LogP contribution in [-0.2, 0) is 47.7 Å². The van der Waals surface area contributed by atoms with E-state index in [0.717, 1.165) is 58.2 Å². The van der Waals surface area contributed by atoms with Crippen LogP contribution in [0.2, 0.25) is 0 Å². The molecule has 0 fully saturated rings. The first-order valence-corrected chi connectivity index (χ1v) is 17.9. The van der Waals surface area contributed by atoms with Gasteiger partial charge in [0.2, 0.25) is 5.88 Å². The maximum Gasteiger partial charge on any atom is 0.354 e. The van der Waals surface area contributed by atoms with E-state index >= 15 is 4.21 Å². The molecule has 5 aromatic rings. The van der Waals surface area contributed by atoms with Crippen LogP contribution in [-0.4, -0.2) is 32.3 Å². The van der Waals surface area contributed by atoms with Crippen molar-refractivity contribution < 1.29 is 18.1 Å². The Morgan fingerprint density at radius 2 is 1.54 bits per heavy atom. The van der Waals surface area contributed by atoms with E-state index in [9.17, 15) is 9.18 Å². The molecule has 244 valence electrons. The van der Waals surface area contributed by atoms with E-state index in [4.69, 9.17) is 4.74 Å². The molecule has 8 rings (SSSR count). The molecule has 0 saturated carbocycles. The number of carbonyl (C=O) groups is 1. The lowest BCUT2D eigenvalue weighted by molar-refractivity contribution is 0.248. The predicted octanol–water partition coefficient (Wildman–Crippen LogP) is 7.15. The van der Waals surface area contributed by atoms with Gasteiger partial charge < -0.3 is 10.1 Å². The number of fused-ring (bicyclic) bond motifs is 3. The highest BCUT2D eigenvalue weighted by Crippen LogP contribution is 2.42. The number of aryl methyl sites for hydroxylation is 1. The Bertz CT molecular complexity index is 2030. The van der Waals surface area contributed by atoms with Crippen molar-refractivity contribution in [2.75, 3.05) is 5.32 Å². The summed E-state index contributed by atoms with van der Waals surface area (Å²) in [5.41, 5.74) is 5.67. The molecule has 1 unspecified atom stereocenters. The van der Waals surface area contributed by atoms with E-state index in [1.54, 1.807) is 4.68 Å². The summed E-state index contributed by atoms with van der Waals surface area (Å²) in [6.45, 7) is 2.39. The minimum absolute atomic E-state index is 0.182. The van der Waals surface area contributed by atoms with Crippen molar-refractivity contribution in [2.24, 2.45) is 4.36 Å². The van der Waals surface area contributed by atoms with Gasteiger partial charge in [-0.05, 0) is 65.1 Å². The van der Waals surface area contributed by atoms with E-state index < -0.39 is 27.7 Å². The van der Waals surface area contributed by atoms with Crippen molar-refractivity contribution in [1.82, 2.24) is 14.5 Å². The number of aromatic nitrogens is 2. The van der Waals surface area contributed by atoms with Crippen LogP contribution in [0.25, 0.3) is 0 Å². The number of anilines is 1. The second-order valence-electron chi connectivity index (χ2n) is 12.8. The Kier molecular flexibility index (Phi) is 7.64. The average Bonchev–Trinajstić information content (AvgIpc) is 3.89. The number of carbonyl (C=O) groups excluding carboxylic acids is 1. The number of hydrogen-bond donors (Lipinski definition) is 2. The molecule has 1 aliphatic heterocycles. The molecule has 2 N–H and O–H groups in total. The first kappa shape index (κ1) is 30.5. The number of urea groups is 1. The summed E-state index contributed by atoms with van der Waals surface area (Å²) in [6.07, 6.45) is 3.45. The number of nitrogens with zero attached hydrogens (tertiary/aromatic N) is 3. The van der Waals surface area contributed by atoms with Gasteiger partial charge in [-0.3, -0.25) is 0 Å². The standard InChI is InChI=1S/C38H36FN5O3S/c1-25-24-44-36(47-25)34(23-40-44)48(46,42-37(45)41-35-32-19-11-12-26(32)20-27-21-31(39)22-33(27)35)43-38(28-13-5-2-6-14-28,29-15-7-3-8-16-29)30-17-9-4-10-18-30/h2-10,13-18,20,23,25,31H,11-12,19,21-22,24H2,1H3,(H2,41,42,43,45,46)/t25-,31+,48?/m0/s1. The smallest absolute Gasteiger partial charge is 0.354 e. The molecule has 0 saturated heterocycles. The van der Waals surface area contributed by atoms with Crippen molar-refractivity contribution in [3.63, 3.8) is 0 Å². The molecule has 10 heteroatoms. The zero-order valence-electron chi connectivity index (χ0n) is 26.6. The van der Waals surface area contributed by atoms with Gasteiger partial charge in [-0.15, -0.1) is 4.36 Å². The lowest BCUT2D eigenvalue weighted by atomic mass is 9.78. The molecular formula is C38H36FN5O3S. The summed E-state index contributed by atoms with van der Waals surface area (Å²) in [6, 6.07) is 30.5. The van der Waals surface area contributed by atoms with E-state index in [1.807, 2.05) is 97.9 Å². The van der Waals surface area contributed by atoms with Crippen LogP contribution in [0.4, 0.5) is 14.9 Å². The van der Waals surface area contributed by atoms with Gasteiger partial charge in [0.25, 0.3) is 0 Å². The normalized spacial score (nSPS) is 19.1. The first-order chi connectivity index (χ1) is 23.3. The Balaban J connectivity index is 1.33. The van der Waals surface area contributed by atoms with E-state index in [0.29, 0.717) is 24.5 Å². The number of halogens is 1. The Morgan fingerprint density at radius 3 is 2.17 bits per heavy atom. The fraction of sp³-hybridized carbons (Fsp3) is 0.263. The molecule has 8 nitrogen and oxygen atoms in total. The molecule has 3 aliphatic rings. The summed E-state index contributed by atoms with van der Waals surface area (Å²) >= 11 is 0. The highest BCUT2D eigenvalue weighted by atomic mass is 32.2. The lowest BCUT2D eigenvalue weighted by Crippen LogP contribution is -2.48. The van der Waals surface area contributed by atoms with Gasteiger partial charge >= 0.3 is 6.03 Å². The zero-order valence-corrected chi connectivity index (χ0v) is 27.4. The SMILES string of the molecule is C[C@H]1Cn2ncc(S(=O)(=NC(=O)Nc3c4c(cc5c3C[C@H](F)C5)CCC4)NC(c3ccccc3)(c3ccccc3)c3ccccc3)c2O1. The van der Waals surface area contributed by atoms with Gasteiger partial charge in [0.05, 0.1) is 12.7 Å². The number of ether oxygens (including phenoxy) is 1. The van der Waals surface area contributed by atoms with E-state index in [-0.39, 0.29) is 17.4 Å². The predicted molar refractivity (Wildman–Crippen MR) is 183 cm³/mol. The molecule has 1 aromatic heterocycles. The molecule has 4 aromatic carbocycles. The maximum atomic E-state index is 15.8. The van der Waals surface area contributed by atoms with Crippen LogP contribution < -0.4 is 14.8 Å². The number of rotatable bonds is 7. The molecular weight excluding hydrogens is 626 g/mol. The van der Waals surface area contributed by atoms with Crippen molar-refractivity contribution in [1.29, 1.82) is 0 Å². The van der Waals surface area contributed by atoms with Crippen molar-refractivity contribution in [3.05, 3.63) is 142 Å². The number of benzene rings is 4.